The predicted molar refractivity (Wildman–Crippen MR) is 114 cm³/mol. The number of quaternary nitrogens is 2. The van der Waals surface area contributed by atoms with Crippen molar-refractivity contribution in [3.63, 3.8) is 0 Å². The number of hydrogen-bond acceptors (Lipinski definition) is 1. The summed E-state index contributed by atoms with van der Waals surface area (Å²) in [5, 5.41) is 0. The Morgan fingerprint density at radius 2 is 1.20 bits per heavy atom. The fourth-order valence-corrected chi connectivity index (χ4v) is 3.83. The van der Waals surface area contributed by atoms with Gasteiger partial charge in [-0.3, -0.25) is 0 Å². The monoisotopic (exact) mass is 353 g/mol. The third kappa shape index (κ3) is 12.4. The molecule has 0 saturated carbocycles. The molecule has 0 aliphatic carbocycles. The van der Waals surface area contributed by atoms with Crippen LogP contribution in [-0.4, -0.2) is 87.4 Å². The lowest BCUT2D eigenvalue weighted by Crippen LogP contribution is -2.45. The van der Waals surface area contributed by atoms with Crippen molar-refractivity contribution in [1.29, 1.82) is 0 Å². The van der Waals surface area contributed by atoms with Gasteiger partial charge in [-0.25, -0.2) is 0 Å². The maximum absolute atomic E-state index is 4.07. The number of hydrogen-bond donors (Lipinski definition) is 0. The molecule has 0 saturated heterocycles. The van der Waals surface area contributed by atoms with E-state index in [4.69, 9.17) is 0 Å². The van der Waals surface area contributed by atoms with Gasteiger partial charge in [-0.1, -0.05) is 20.1 Å². The molecule has 1 unspecified atom stereocenters. The molecule has 0 aromatic rings. The SMILES string of the molecule is C=C(C)C[N+](C)(C)CCCN(CCC[N+](C)(C)CC(=C)C)C(C)CC. The fraction of sp³-hybridized carbons (Fsp3) is 0.818. The quantitative estimate of drug-likeness (QED) is 0.335. The van der Waals surface area contributed by atoms with E-state index in [1.54, 1.807) is 0 Å². The van der Waals surface area contributed by atoms with Crippen molar-refractivity contribution in [2.45, 2.75) is 53.0 Å². The van der Waals surface area contributed by atoms with Gasteiger partial charge in [0.2, 0.25) is 0 Å². The molecule has 0 N–H and O–H groups in total. The Hall–Kier alpha value is -0.640. The Labute approximate surface area is 159 Å². The van der Waals surface area contributed by atoms with Crippen molar-refractivity contribution in [3.8, 4) is 0 Å². The highest BCUT2D eigenvalue weighted by Gasteiger charge is 2.19. The topological polar surface area (TPSA) is 3.24 Å². The van der Waals surface area contributed by atoms with E-state index in [1.165, 1.54) is 56.6 Å². The number of rotatable bonds is 14. The van der Waals surface area contributed by atoms with E-state index in [0.29, 0.717) is 6.04 Å². The molecule has 3 nitrogen and oxygen atoms in total. The van der Waals surface area contributed by atoms with Crippen LogP contribution in [0.2, 0.25) is 0 Å². The van der Waals surface area contributed by atoms with Gasteiger partial charge < -0.3 is 13.9 Å². The van der Waals surface area contributed by atoms with Gasteiger partial charge in [0, 0.05) is 32.0 Å². The Kier molecular flexibility index (Phi) is 10.9. The van der Waals surface area contributed by atoms with E-state index in [0.717, 1.165) is 22.1 Å². The van der Waals surface area contributed by atoms with Crippen LogP contribution in [0.25, 0.3) is 0 Å². The van der Waals surface area contributed by atoms with Crippen molar-refractivity contribution in [2.24, 2.45) is 0 Å². The highest BCUT2D eigenvalue weighted by Crippen LogP contribution is 2.11. The van der Waals surface area contributed by atoms with Gasteiger partial charge in [0.25, 0.3) is 0 Å². The minimum Gasteiger partial charge on any atom is -0.325 e. The minimum absolute atomic E-state index is 0.675. The maximum Gasteiger partial charge on any atom is 0.0993 e. The standard InChI is InChI=1S/C22H47N3/c1-11-22(6)23(14-12-16-24(7,8)18-20(2)3)15-13-17-25(9,10)19-21(4)5/h22H,2,4,11-19H2,1,3,5-10H3/q+2. The molecule has 0 radical (unpaired) electrons. The summed E-state index contributed by atoms with van der Waals surface area (Å²) < 4.78 is 2.10. The van der Waals surface area contributed by atoms with Gasteiger partial charge in [-0.05, 0) is 38.3 Å². The van der Waals surface area contributed by atoms with Gasteiger partial charge in [-0.15, -0.1) is 0 Å². The highest BCUT2D eigenvalue weighted by atomic mass is 15.3. The summed E-state index contributed by atoms with van der Waals surface area (Å²) in [5.41, 5.74) is 2.56. The first kappa shape index (κ1) is 24.4. The third-order valence-corrected chi connectivity index (χ3v) is 5.03. The maximum atomic E-state index is 4.07. The first-order valence-corrected chi connectivity index (χ1v) is 10.1. The molecule has 0 bridgehead atoms. The first-order valence-electron chi connectivity index (χ1n) is 10.1. The van der Waals surface area contributed by atoms with Crippen LogP contribution in [0.4, 0.5) is 0 Å². The third-order valence-electron chi connectivity index (χ3n) is 5.03. The number of likely N-dealkylation sites (N-methyl/N-ethyl adjacent to an activating group) is 2. The smallest absolute Gasteiger partial charge is 0.0993 e. The normalized spacial score (nSPS) is 14.0. The van der Waals surface area contributed by atoms with E-state index in [9.17, 15) is 0 Å². The summed E-state index contributed by atoms with van der Waals surface area (Å²) in [6.45, 7) is 24.1. The van der Waals surface area contributed by atoms with E-state index >= 15 is 0 Å². The second-order valence-electron chi connectivity index (χ2n) is 9.55. The van der Waals surface area contributed by atoms with Crippen molar-refractivity contribution in [3.05, 3.63) is 24.3 Å². The minimum atomic E-state index is 0.675. The van der Waals surface area contributed by atoms with E-state index < -0.39 is 0 Å². The molecule has 1 atom stereocenters. The van der Waals surface area contributed by atoms with Crippen LogP contribution in [-0.2, 0) is 0 Å². The molecule has 0 aromatic heterocycles. The molecule has 0 amide bonds. The zero-order chi connectivity index (χ0) is 19.7. The Bertz CT molecular complexity index is 375. The molecule has 25 heavy (non-hydrogen) atoms. The second kappa shape index (κ2) is 11.2. The van der Waals surface area contributed by atoms with E-state index in [2.05, 4.69) is 73.9 Å². The molecule has 0 aromatic carbocycles. The summed E-state index contributed by atoms with van der Waals surface area (Å²) >= 11 is 0. The van der Waals surface area contributed by atoms with Crippen LogP contribution in [0.15, 0.2) is 24.3 Å². The summed E-state index contributed by atoms with van der Waals surface area (Å²) in [6, 6.07) is 0.675. The average Bonchev–Trinajstić information content (AvgIpc) is 2.41. The largest absolute Gasteiger partial charge is 0.325 e. The number of nitrogens with zero attached hydrogens (tertiary/aromatic N) is 3. The molecular weight excluding hydrogens is 306 g/mol. The summed E-state index contributed by atoms with van der Waals surface area (Å²) in [5.74, 6) is 0. The van der Waals surface area contributed by atoms with Crippen LogP contribution in [0, 0.1) is 0 Å². The van der Waals surface area contributed by atoms with Gasteiger partial charge >= 0.3 is 0 Å². The average molecular weight is 354 g/mol. The highest BCUT2D eigenvalue weighted by molar-refractivity contribution is 4.88. The molecule has 3 heteroatoms. The Balaban J connectivity index is 4.43. The van der Waals surface area contributed by atoms with Gasteiger partial charge in [0.15, 0.2) is 0 Å². The zero-order valence-corrected chi connectivity index (χ0v) is 18.7. The summed E-state index contributed by atoms with van der Waals surface area (Å²) in [4.78, 5) is 2.70. The predicted octanol–water partition coefficient (Wildman–Crippen LogP) is 4.17. The second-order valence-corrected chi connectivity index (χ2v) is 9.55. The van der Waals surface area contributed by atoms with E-state index in [1.807, 2.05) is 0 Å². The molecule has 0 aliphatic rings. The van der Waals surface area contributed by atoms with Crippen LogP contribution in [0.3, 0.4) is 0 Å². The molecule has 0 spiro atoms. The van der Waals surface area contributed by atoms with Crippen LogP contribution in [0.5, 0.6) is 0 Å². The van der Waals surface area contributed by atoms with Gasteiger partial charge in [-0.2, -0.15) is 0 Å². The van der Waals surface area contributed by atoms with Gasteiger partial charge in [0.1, 0.15) is 0 Å². The fourth-order valence-electron chi connectivity index (χ4n) is 3.83. The van der Waals surface area contributed by atoms with E-state index in [-0.39, 0.29) is 0 Å². The van der Waals surface area contributed by atoms with Crippen molar-refractivity contribution >= 4 is 0 Å². The zero-order valence-electron chi connectivity index (χ0n) is 18.7. The lowest BCUT2D eigenvalue weighted by atomic mass is 10.1. The molecule has 0 aliphatic heterocycles. The van der Waals surface area contributed by atoms with Crippen molar-refractivity contribution < 1.29 is 8.97 Å². The van der Waals surface area contributed by atoms with Gasteiger partial charge in [0.05, 0.1) is 54.4 Å². The Morgan fingerprint density at radius 3 is 1.48 bits per heavy atom. The van der Waals surface area contributed by atoms with Crippen LogP contribution >= 0.6 is 0 Å². The van der Waals surface area contributed by atoms with Crippen LogP contribution in [0.1, 0.15) is 47.0 Å². The Morgan fingerprint density at radius 1 is 0.840 bits per heavy atom. The molecule has 148 valence electrons. The lowest BCUT2D eigenvalue weighted by molar-refractivity contribution is -0.886. The molecule has 0 rings (SSSR count). The van der Waals surface area contributed by atoms with Crippen LogP contribution < -0.4 is 0 Å². The lowest BCUT2D eigenvalue weighted by Gasteiger charge is -2.34. The first-order chi connectivity index (χ1) is 11.4. The molecular formula is C22H47N3+2. The summed E-state index contributed by atoms with van der Waals surface area (Å²) in [7, 11) is 9.28. The van der Waals surface area contributed by atoms with Crippen molar-refractivity contribution in [1.82, 2.24) is 4.90 Å². The molecule has 0 fully saturated rings. The van der Waals surface area contributed by atoms with Crippen molar-refractivity contribution in [2.75, 3.05) is 67.5 Å². The summed E-state index contributed by atoms with van der Waals surface area (Å²) in [6.07, 6.45) is 3.75. The molecule has 0 heterocycles.